The second-order valence-electron chi connectivity index (χ2n) is 3.20. The van der Waals surface area contributed by atoms with Gasteiger partial charge < -0.3 is 9.26 Å². The monoisotopic (exact) mass is 282 g/mol. The highest BCUT2D eigenvalue weighted by Crippen LogP contribution is 2.17. The van der Waals surface area contributed by atoms with Crippen LogP contribution in [0.4, 0.5) is 0 Å². The first-order valence-electron chi connectivity index (χ1n) is 4.97. The Bertz CT molecular complexity index is 453. The molecule has 0 aliphatic carbocycles. The Balaban J connectivity index is 1.94. The zero-order chi connectivity index (χ0) is 11.4. The van der Waals surface area contributed by atoms with Gasteiger partial charge in [0.15, 0.2) is 12.4 Å². The maximum atomic E-state index is 5.49. The number of hydrogen-bond acceptors (Lipinski definition) is 4. The Labute approximate surface area is 102 Å². The minimum absolute atomic E-state index is 0.300. The van der Waals surface area contributed by atoms with Crippen molar-refractivity contribution in [3.05, 3.63) is 40.5 Å². The molecule has 2 rings (SSSR count). The van der Waals surface area contributed by atoms with Gasteiger partial charge in [-0.3, -0.25) is 0 Å². The topological polar surface area (TPSA) is 48.2 Å². The van der Waals surface area contributed by atoms with E-state index in [-0.39, 0.29) is 0 Å². The third-order valence-corrected chi connectivity index (χ3v) is 2.53. The van der Waals surface area contributed by atoms with Gasteiger partial charge in [-0.1, -0.05) is 28.0 Å². The highest BCUT2D eigenvalue weighted by atomic mass is 79.9. The zero-order valence-corrected chi connectivity index (χ0v) is 10.4. The van der Waals surface area contributed by atoms with Crippen molar-refractivity contribution < 1.29 is 9.26 Å². The van der Waals surface area contributed by atoms with Gasteiger partial charge in [-0.05, 0) is 24.3 Å². The molecule has 2 aromatic rings. The molecule has 0 amide bonds. The molecule has 0 N–H and O–H groups in total. The quantitative estimate of drug-likeness (QED) is 0.865. The summed E-state index contributed by atoms with van der Waals surface area (Å²) in [4.78, 5) is 4.15. The van der Waals surface area contributed by atoms with Crippen molar-refractivity contribution in [2.24, 2.45) is 0 Å². The Morgan fingerprint density at radius 3 is 2.69 bits per heavy atom. The molecule has 4 nitrogen and oxygen atoms in total. The van der Waals surface area contributed by atoms with Crippen LogP contribution in [0, 0.1) is 0 Å². The fourth-order valence-electron chi connectivity index (χ4n) is 1.17. The Kier molecular flexibility index (Phi) is 3.56. The lowest BCUT2D eigenvalue weighted by molar-refractivity contribution is 0.242. The summed E-state index contributed by atoms with van der Waals surface area (Å²) in [6.45, 7) is 2.28. The van der Waals surface area contributed by atoms with Crippen molar-refractivity contribution in [2.75, 3.05) is 0 Å². The van der Waals surface area contributed by atoms with Crippen LogP contribution in [-0.2, 0) is 13.0 Å². The lowest BCUT2D eigenvalue weighted by Gasteiger charge is -2.02. The average molecular weight is 283 g/mol. The molecule has 0 atom stereocenters. The molecule has 5 heteroatoms. The lowest BCUT2D eigenvalue weighted by Crippen LogP contribution is -1.95. The number of halogens is 1. The van der Waals surface area contributed by atoms with Crippen molar-refractivity contribution in [3.63, 3.8) is 0 Å². The maximum absolute atomic E-state index is 5.49. The molecule has 16 heavy (non-hydrogen) atoms. The molecule has 0 aliphatic heterocycles. The second-order valence-corrected chi connectivity index (χ2v) is 4.12. The van der Waals surface area contributed by atoms with E-state index >= 15 is 0 Å². The van der Waals surface area contributed by atoms with Crippen LogP contribution in [0.3, 0.4) is 0 Å². The Morgan fingerprint density at radius 2 is 2.06 bits per heavy atom. The highest BCUT2D eigenvalue weighted by Gasteiger charge is 2.04. The van der Waals surface area contributed by atoms with E-state index in [9.17, 15) is 0 Å². The first-order chi connectivity index (χ1) is 7.78. The van der Waals surface area contributed by atoms with Gasteiger partial charge in [0, 0.05) is 10.9 Å². The van der Waals surface area contributed by atoms with E-state index in [0.29, 0.717) is 18.3 Å². The van der Waals surface area contributed by atoms with Crippen molar-refractivity contribution >= 4 is 15.9 Å². The minimum atomic E-state index is 0.300. The molecule has 1 aromatic heterocycles. The zero-order valence-electron chi connectivity index (χ0n) is 8.81. The molecule has 0 spiro atoms. The van der Waals surface area contributed by atoms with Crippen molar-refractivity contribution in [1.82, 2.24) is 10.1 Å². The van der Waals surface area contributed by atoms with Crippen LogP contribution >= 0.6 is 15.9 Å². The van der Waals surface area contributed by atoms with Crippen molar-refractivity contribution in [1.29, 1.82) is 0 Å². The molecule has 0 aliphatic rings. The third kappa shape index (κ3) is 2.82. The van der Waals surface area contributed by atoms with Crippen LogP contribution in [0.15, 0.2) is 33.3 Å². The van der Waals surface area contributed by atoms with E-state index in [0.717, 1.165) is 16.6 Å². The lowest BCUT2D eigenvalue weighted by atomic mass is 10.3. The normalized spacial score (nSPS) is 10.4. The Morgan fingerprint density at radius 1 is 1.31 bits per heavy atom. The minimum Gasteiger partial charge on any atom is -0.484 e. The van der Waals surface area contributed by atoms with Crippen molar-refractivity contribution in [2.45, 2.75) is 20.0 Å². The summed E-state index contributed by atoms with van der Waals surface area (Å²) >= 11 is 3.36. The van der Waals surface area contributed by atoms with Crippen LogP contribution < -0.4 is 4.74 Å². The number of aromatic nitrogens is 2. The Hall–Kier alpha value is -1.36. The number of hydrogen-bond donors (Lipinski definition) is 0. The number of ether oxygens (including phenoxy) is 1. The fraction of sp³-hybridized carbons (Fsp3) is 0.273. The molecule has 1 heterocycles. The molecule has 0 radical (unpaired) electrons. The van der Waals surface area contributed by atoms with E-state index in [1.807, 2.05) is 31.2 Å². The number of benzene rings is 1. The van der Waals surface area contributed by atoms with Crippen LogP contribution in [0.25, 0.3) is 0 Å². The summed E-state index contributed by atoms with van der Waals surface area (Å²) in [6.07, 6.45) is 0.766. The standard InChI is InChI=1S/C11H11BrN2O2/c1-2-10-13-11(16-14-10)7-15-9-5-3-8(12)4-6-9/h3-6H,2,7H2,1H3. The largest absolute Gasteiger partial charge is 0.484 e. The van der Waals surface area contributed by atoms with Gasteiger partial charge in [0.2, 0.25) is 0 Å². The SMILES string of the molecule is CCc1noc(COc2ccc(Br)cc2)n1. The molecule has 0 saturated heterocycles. The van der Waals surface area contributed by atoms with Gasteiger partial charge in [-0.2, -0.15) is 4.98 Å². The number of nitrogens with zero attached hydrogens (tertiary/aromatic N) is 2. The summed E-state index contributed by atoms with van der Waals surface area (Å²) in [5.74, 6) is 1.98. The van der Waals surface area contributed by atoms with Crippen LogP contribution in [-0.4, -0.2) is 10.1 Å². The third-order valence-electron chi connectivity index (χ3n) is 2.00. The van der Waals surface area contributed by atoms with Crippen LogP contribution in [0.5, 0.6) is 5.75 Å². The molecule has 0 fully saturated rings. The average Bonchev–Trinajstić information content (AvgIpc) is 2.76. The summed E-state index contributed by atoms with van der Waals surface area (Å²) < 4.78 is 11.5. The van der Waals surface area contributed by atoms with Gasteiger partial charge in [0.25, 0.3) is 5.89 Å². The van der Waals surface area contributed by atoms with Crippen molar-refractivity contribution in [3.8, 4) is 5.75 Å². The molecular weight excluding hydrogens is 272 g/mol. The van der Waals surface area contributed by atoms with E-state index in [1.54, 1.807) is 0 Å². The summed E-state index contributed by atoms with van der Waals surface area (Å²) in [6, 6.07) is 7.59. The molecule has 0 bridgehead atoms. The van der Waals surface area contributed by atoms with Crippen LogP contribution in [0.1, 0.15) is 18.6 Å². The van der Waals surface area contributed by atoms with E-state index in [4.69, 9.17) is 9.26 Å². The maximum Gasteiger partial charge on any atom is 0.264 e. The molecule has 0 saturated carbocycles. The first-order valence-corrected chi connectivity index (χ1v) is 5.77. The summed E-state index contributed by atoms with van der Waals surface area (Å²) in [5, 5.41) is 3.79. The fourth-order valence-corrected chi connectivity index (χ4v) is 1.43. The first kappa shape index (κ1) is 11.1. The molecule has 0 unspecified atom stereocenters. The number of rotatable bonds is 4. The second kappa shape index (κ2) is 5.12. The van der Waals surface area contributed by atoms with E-state index in [2.05, 4.69) is 26.1 Å². The van der Waals surface area contributed by atoms with Crippen LogP contribution in [0.2, 0.25) is 0 Å². The smallest absolute Gasteiger partial charge is 0.264 e. The number of aryl methyl sites for hydroxylation is 1. The van der Waals surface area contributed by atoms with Gasteiger partial charge >= 0.3 is 0 Å². The molecule has 1 aromatic carbocycles. The van der Waals surface area contributed by atoms with Gasteiger partial charge in [0.1, 0.15) is 5.75 Å². The highest BCUT2D eigenvalue weighted by molar-refractivity contribution is 9.10. The van der Waals surface area contributed by atoms with Gasteiger partial charge in [0.05, 0.1) is 0 Å². The predicted molar refractivity (Wildman–Crippen MR) is 62.2 cm³/mol. The molecule has 84 valence electrons. The summed E-state index contributed by atoms with van der Waals surface area (Å²) in [7, 11) is 0. The molecular formula is C11H11BrN2O2. The predicted octanol–water partition coefficient (Wildman–Crippen LogP) is 2.97. The summed E-state index contributed by atoms with van der Waals surface area (Å²) in [5.41, 5.74) is 0. The van der Waals surface area contributed by atoms with Gasteiger partial charge in [-0.25, -0.2) is 0 Å². The van der Waals surface area contributed by atoms with Gasteiger partial charge in [-0.15, -0.1) is 0 Å². The van der Waals surface area contributed by atoms with E-state index in [1.165, 1.54) is 0 Å². The van der Waals surface area contributed by atoms with E-state index < -0.39 is 0 Å².